The maximum absolute atomic E-state index is 12.1. The van der Waals surface area contributed by atoms with E-state index in [2.05, 4.69) is 20.6 Å². The first-order valence-electron chi connectivity index (χ1n) is 5.94. The first-order chi connectivity index (χ1) is 9.60. The summed E-state index contributed by atoms with van der Waals surface area (Å²) < 4.78 is 0. The van der Waals surface area contributed by atoms with Crippen molar-refractivity contribution in [3.63, 3.8) is 0 Å². The van der Waals surface area contributed by atoms with Crippen LogP contribution in [-0.2, 0) is 6.54 Å². The van der Waals surface area contributed by atoms with Crippen LogP contribution in [-0.4, -0.2) is 22.4 Å². The molecule has 0 spiro atoms. The van der Waals surface area contributed by atoms with Crippen LogP contribution in [0.4, 0.5) is 5.82 Å². The minimum absolute atomic E-state index is 0.148. The van der Waals surface area contributed by atoms with Gasteiger partial charge in [-0.3, -0.25) is 9.59 Å². The van der Waals surface area contributed by atoms with E-state index in [1.54, 1.807) is 11.4 Å². The maximum atomic E-state index is 12.1. The lowest BCUT2D eigenvalue weighted by molar-refractivity contribution is 0.0950. The molecule has 0 aliphatic heterocycles. The summed E-state index contributed by atoms with van der Waals surface area (Å²) in [5.41, 5.74) is 1.00. The Kier molecular flexibility index (Phi) is 4.75. The zero-order valence-corrected chi connectivity index (χ0v) is 12.3. The van der Waals surface area contributed by atoms with Gasteiger partial charge in [-0.05, 0) is 13.0 Å². The molecule has 0 saturated heterocycles. The molecular weight excluding hydrogens is 300 g/mol. The Morgan fingerprint density at radius 1 is 1.55 bits per heavy atom. The van der Waals surface area contributed by atoms with E-state index in [4.69, 9.17) is 11.6 Å². The Morgan fingerprint density at radius 2 is 2.35 bits per heavy atom. The van der Waals surface area contributed by atoms with Gasteiger partial charge >= 0.3 is 4.87 Å². The number of halogens is 1. The molecule has 106 valence electrons. The smallest absolute Gasteiger partial charge is 0.304 e. The number of carbonyl (C=O) groups is 1. The van der Waals surface area contributed by atoms with Gasteiger partial charge in [0.2, 0.25) is 0 Å². The van der Waals surface area contributed by atoms with Gasteiger partial charge < -0.3 is 15.6 Å². The number of nitrogens with one attached hydrogen (secondary N) is 3. The Bertz CT molecular complexity index is 667. The minimum atomic E-state index is -0.316. The fraction of sp³-hybridized carbons (Fsp3) is 0.250. The van der Waals surface area contributed by atoms with Gasteiger partial charge in [-0.15, -0.1) is 0 Å². The highest BCUT2D eigenvalue weighted by Crippen LogP contribution is 2.18. The Labute approximate surface area is 124 Å². The average Bonchev–Trinajstić information content (AvgIpc) is 2.84. The van der Waals surface area contributed by atoms with Crippen molar-refractivity contribution in [2.75, 3.05) is 11.9 Å². The first kappa shape index (κ1) is 14.5. The van der Waals surface area contributed by atoms with Gasteiger partial charge in [-0.2, -0.15) is 0 Å². The number of aromatic nitrogens is 2. The number of nitrogens with zero attached hydrogens (tertiary/aromatic N) is 1. The van der Waals surface area contributed by atoms with Crippen LogP contribution in [0.15, 0.2) is 22.4 Å². The van der Waals surface area contributed by atoms with Crippen LogP contribution in [0.25, 0.3) is 0 Å². The standard InChI is InChI=1S/C12H13ClN4O2S/c1-2-14-10-3-8(9(13)5-15-10)11(18)16-4-7-6-20-12(19)17-7/h3,5-6H,2,4H2,1H3,(H,14,15)(H,16,18)(H,17,19). The highest BCUT2D eigenvalue weighted by atomic mass is 35.5. The zero-order valence-electron chi connectivity index (χ0n) is 10.7. The summed E-state index contributed by atoms with van der Waals surface area (Å²) in [5, 5.41) is 7.66. The van der Waals surface area contributed by atoms with Gasteiger partial charge in [0.05, 0.1) is 17.1 Å². The molecule has 2 heterocycles. The van der Waals surface area contributed by atoms with E-state index in [0.717, 1.165) is 11.3 Å². The molecule has 0 bridgehead atoms. The third kappa shape index (κ3) is 3.58. The van der Waals surface area contributed by atoms with E-state index < -0.39 is 0 Å². The number of H-pyrrole nitrogens is 1. The van der Waals surface area contributed by atoms with Crippen molar-refractivity contribution >= 4 is 34.7 Å². The average molecular weight is 313 g/mol. The Balaban J connectivity index is 2.08. The van der Waals surface area contributed by atoms with E-state index in [9.17, 15) is 9.59 Å². The number of pyridine rings is 1. The number of amides is 1. The van der Waals surface area contributed by atoms with Crippen LogP contribution in [0.5, 0.6) is 0 Å². The molecule has 1 amide bonds. The lowest BCUT2D eigenvalue weighted by Gasteiger charge is -2.08. The lowest BCUT2D eigenvalue weighted by Crippen LogP contribution is -2.24. The third-order valence-corrected chi connectivity index (χ3v) is 3.49. The van der Waals surface area contributed by atoms with E-state index >= 15 is 0 Å². The monoisotopic (exact) mass is 312 g/mol. The van der Waals surface area contributed by atoms with Gasteiger partial charge in [0.1, 0.15) is 5.82 Å². The van der Waals surface area contributed by atoms with Crippen LogP contribution in [0.1, 0.15) is 23.0 Å². The highest BCUT2D eigenvalue weighted by Gasteiger charge is 2.12. The maximum Gasteiger partial charge on any atom is 0.304 e. The van der Waals surface area contributed by atoms with E-state index in [1.165, 1.54) is 6.20 Å². The number of thiazole rings is 1. The summed E-state index contributed by atoms with van der Waals surface area (Å²) in [6.45, 7) is 2.88. The molecule has 0 radical (unpaired) electrons. The second-order valence-corrected chi connectivity index (χ2v) is 5.19. The molecule has 2 aromatic heterocycles. The van der Waals surface area contributed by atoms with Crippen molar-refractivity contribution in [1.82, 2.24) is 15.3 Å². The molecule has 3 N–H and O–H groups in total. The fourth-order valence-electron chi connectivity index (χ4n) is 1.56. The number of rotatable bonds is 5. The molecule has 0 aliphatic carbocycles. The second kappa shape index (κ2) is 6.53. The lowest BCUT2D eigenvalue weighted by atomic mass is 10.2. The normalized spacial score (nSPS) is 10.3. The van der Waals surface area contributed by atoms with Crippen molar-refractivity contribution in [1.29, 1.82) is 0 Å². The largest absolute Gasteiger partial charge is 0.370 e. The van der Waals surface area contributed by atoms with Crippen molar-refractivity contribution in [2.24, 2.45) is 0 Å². The van der Waals surface area contributed by atoms with Gasteiger partial charge in [-0.25, -0.2) is 4.98 Å². The molecule has 0 unspecified atom stereocenters. The molecule has 0 atom stereocenters. The van der Waals surface area contributed by atoms with Crippen LogP contribution in [0, 0.1) is 0 Å². The summed E-state index contributed by atoms with van der Waals surface area (Å²) in [4.78, 5) is 29.6. The minimum Gasteiger partial charge on any atom is -0.370 e. The van der Waals surface area contributed by atoms with Crippen LogP contribution in [0.3, 0.4) is 0 Å². The number of aromatic amines is 1. The topological polar surface area (TPSA) is 86.9 Å². The van der Waals surface area contributed by atoms with Crippen LogP contribution in [0.2, 0.25) is 5.02 Å². The molecule has 20 heavy (non-hydrogen) atoms. The number of hydrogen-bond acceptors (Lipinski definition) is 5. The molecule has 0 fully saturated rings. The molecule has 6 nitrogen and oxygen atoms in total. The van der Waals surface area contributed by atoms with Crippen LogP contribution >= 0.6 is 22.9 Å². The molecule has 0 aliphatic rings. The predicted molar refractivity (Wildman–Crippen MR) is 79.5 cm³/mol. The van der Waals surface area contributed by atoms with E-state index in [1.807, 2.05) is 6.92 Å². The molecule has 0 saturated carbocycles. The second-order valence-electron chi connectivity index (χ2n) is 3.94. The number of hydrogen-bond donors (Lipinski definition) is 3. The van der Waals surface area contributed by atoms with E-state index in [-0.39, 0.29) is 22.3 Å². The van der Waals surface area contributed by atoms with Gasteiger partial charge in [0, 0.05) is 23.8 Å². The SMILES string of the molecule is CCNc1cc(C(=O)NCc2csc(=O)[nH]2)c(Cl)cn1. The molecule has 2 aromatic rings. The van der Waals surface area contributed by atoms with Crippen molar-refractivity contribution in [3.8, 4) is 0 Å². The third-order valence-electron chi connectivity index (χ3n) is 2.47. The summed E-state index contributed by atoms with van der Waals surface area (Å²) >= 11 is 7.03. The predicted octanol–water partition coefficient (Wildman–Crippen LogP) is 1.85. The summed E-state index contributed by atoms with van der Waals surface area (Å²) in [6.07, 6.45) is 1.43. The molecular formula is C12H13ClN4O2S. The van der Waals surface area contributed by atoms with Crippen molar-refractivity contribution < 1.29 is 4.79 Å². The summed E-state index contributed by atoms with van der Waals surface area (Å²) in [6, 6.07) is 1.59. The summed E-state index contributed by atoms with van der Waals surface area (Å²) in [7, 11) is 0. The van der Waals surface area contributed by atoms with Gasteiger partial charge in [-0.1, -0.05) is 22.9 Å². The van der Waals surface area contributed by atoms with Crippen molar-refractivity contribution in [2.45, 2.75) is 13.5 Å². The fourth-order valence-corrected chi connectivity index (χ4v) is 2.33. The summed E-state index contributed by atoms with van der Waals surface area (Å²) in [5.74, 6) is 0.273. The Hall–Kier alpha value is -1.86. The molecule has 8 heteroatoms. The molecule has 0 aromatic carbocycles. The number of anilines is 1. The first-order valence-corrected chi connectivity index (χ1v) is 7.20. The van der Waals surface area contributed by atoms with Gasteiger partial charge in [0.25, 0.3) is 5.91 Å². The van der Waals surface area contributed by atoms with E-state index in [0.29, 0.717) is 23.6 Å². The Morgan fingerprint density at radius 3 is 3.00 bits per heavy atom. The molecule has 2 rings (SSSR count). The van der Waals surface area contributed by atoms with Gasteiger partial charge in [0.15, 0.2) is 0 Å². The van der Waals surface area contributed by atoms with Crippen LogP contribution < -0.4 is 15.5 Å². The van der Waals surface area contributed by atoms with Crippen molar-refractivity contribution in [3.05, 3.63) is 43.6 Å². The zero-order chi connectivity index (χ0) is 14.5. The number of carbonyl (C=O) groups excluding carboxylic acids is 1. The quantitative estimate of drug-likeness (QED) is 0.786. The highest BCUT2D eigenvalue weighted by molar-refractivity contribution is 7.07.